The first-order chi connectivity index (χ1) is 12.0. The summed E-state index contributed by atoms with van der Waals surface area (Å²) in [4.78, 5) is 27.5. The number of carbonyl (C=O) groups excluding carboxylic acids is 1. The summed E-state index contributed by atoms with van der Waals surface area (Å²) in [5.41, 5.74) is 1.66. The molecule has 132 valence electrons. The first-order valence-electron chi connectivity index (χ1n) is 8.75. The Bertz CT molecular complexity index is 1000. The minimum Gasteiger partial charge on any atom is -0.463 e. The van der Waals surface area contributed by atoms with Crippen molar-refractivity contribution in [1.29, 1.82) is 0 Å². The number of aryl methyl sites for hydroxylation is 1. The van der Waals surface area contributed by atoms with Gasteiger partial charge in [-0.3, -0.25) is 14.0 Å². The Balaban J connectivity index is 1.73. The van der Waals surface area contributed by atoms with Gasteiger partial charge >= 0.3 is 0 Å². The van der Waals surface area contributed by atoms with Gasteiger partial charge in [-0.15, -0.1) is 0 Å². The van der Waals surface area contributed by atoms with Crippen LogP contribution in [0.15, 0.2) is 27.6 Å². The number of likely N-dealkylation sites (tertiary alicyclic amines) is 1. The van der Waals surface area contributed by atoms with Crippen LogP contribution in [0.1, 0.15) is 38.9 Å². The zero-order chi connectivity index (χ0) is 17.7. The lowest BCUT2D eigenvalue weighted by atomic mass is 9.97. The lowest BCUT2D eigenvalue weighted by Gasteiger charge is -2.39. The maximum Gasteiger partial charge on any atom is 0.291 e. The van der Waals surface area contributed by atoms with Crippen molar-refractivity contribution in [2.45, 2.75) is 58.7 Å². The van der Waals surface area contributed by atoms with E-state index in [0.717, 1.165) is 24.8 Å². The zero-order valence-corrected chi connectivity index (χ0v) is 14.7. The van der Waals surface area contributed by atoms with Crippen LogP contribution in [0.25, 0.3) is 16.6 Å². The highest BCUT2D eigenvalue weighted by Crippen LogP contribution is 2.23. The Labute approximate surface area is 144 Å². The summed E-state index contributed by atoms with van der Waals surface area (Å²) >= 11 is 0. The summed E-state index contributed by atoms with van der Waals surface area (Å²) in [6, 6.07) is 3.92. The summed E-state index contributed by atoms with van der Waals surface area (Å²) in [6.07, 6.45) is 4.74. The molecule has 2 unspecified atom stereocenters. The summed E-state index contributed by atoms with van der Waals surface area (Å²) < 4.78 is 8.44. The first-order valence-corrected chi connectivity index (χ1v) is 8.75. The number of amides is 1. The third-order valence-electron chi connectivity index (χ3n) is 5.23. The Morgan fingerprint density at radius 2 is 2.00 bits per heavy atom. The van der Waals surface area contributed by atoms with Crippen LogP contribution < -0.4 is 5.56 Å². The van der Waals surface area contributed by atoms with Crippen molar-refractivity contribution in [2.75, 3.05) is 0 Å². The smallest absolute Gasteiger partial charge is 0.291 e. The third kappa shape index (κ3) is 2.45. The van der Waals surface area contributed by atoms with Crippen LogP contribution >= 0.6 is 0 Å². The van der Waals surface area contributed by atoms with E-state index in [1.165, 1.54) is 4.68 Å². The molecule has 1 aliphatic rings. The maximum atomic E-state index is 12.8. The van der Waals surface area contributed by atoms with E-state index < -0.39 is 0 Å². The van der Waals surface area contributed by atoms with E-state index in [1.807, 2.05) is 17.9 Å². The van der Waals surface area contributed by atoms with E-state index in [0.29, 0.717) is 16.9 Å². The summed E-state index contributed by atoms with van der Waals surface area (Å²) in [5.74, 6) is 0.604. The number of nitrogens with zero attached hydrogens (tertiary/aromatic N) is 4. The highest BCUT2D eigenvalue weighted by atomic mass is 16.3. The monoisotopic (exact) mass is 342 g/mol. The van der Waals surface area contributed by atoms with E-state index in [2.05, 4.69) is 18.9 Å². The number of hydrogen-bond donors (Lipinski definition) is 0. The molecular formula is C18H22N4O3. The molecule has 0 N–H and O–H groups in total. The van der Waals surface area contributed by atoms with Crippen molar-refractivity contribution < 1.29 is 9.21 Å². The predicted octanol–water partition coefficient (Wildman–Crippen LogP) is 2.34. The number of piperidine rings is 1. The van der Waals surface area contributed by atoms with Crippen LogP contribution in [-0.2, 0) is 11.3 Å². The second-order valence-electron chi connectivity index (χ2n) is 6.98. The summed E-state index contributed by atoms with van der Waals surface area (Å²) in [7, 11) is 0. The van der Waals surface area contributed by atoms with Crippen LogP contribution in [-0.4, -0.2) is 37.1 Å². The van der Waals surface area contributed by atoms with E-state index in [4.69, 9.17) is 4.42 Å². The fourth-order valence-electron chi connectivity index (χ4n) is 4.06. The van der Waals surface area contributed by atoms with Gasteiger partial charge in [0.1, 0.15) is 17.9 Å². The first kappa shape index (κ1) is 15.9. The van der Waals surface area contributed by atoms with Crippen molar-refractivity contribution in [3.05, 3.63) is 34.6 Å². The molecule has 1 fully saturated rings. The van der Waals surface area contributed by atoms with Crippen molar-refractivity contribution >= 4 is 22.5 Å². The minimum atomic E-state index is -0.275. The summed E-state index contributed by atoms with van der Waals surface area (Å²) in [5, 5.41) is 4.37. The molecule has 4 heterocycles. The molecule has 0 bridgehead atoms. The number of carbonyl (C=O) groups is 1. The Kier molecular flexibility index (Phi) is 3.67. The molecule has 2 atom stereocenters. The van der Waals surface area contributed by atoms with E-state index in [1.54, 1.807) is 16.7 Å². The van der Waals surface area contributed by atoms with Gasteiger partial charge in [0.05, 0.1) is 11.8 Å². The highest BCUT2D eigenvalue weighted by Gasteiger charge is 2.29. The second-order valence-corrected chi connectivity index (χ2v) is 6.98. The van der Waals surface area contributed by atoms with Gasteiger partial charge in [0.2, 0.25) is 5.91 Å². The van der Waals surface area contributed by atoms with E-state index >= 15 is 0 Å². The van der Waals surface area contributed by atoms with Gasteiger partial charge in [-0.05, 0) is 40.0 Å². The molecular weight excluding hydrogens is 320 g/mol. The van der Waals surface area contributed by atoms with Crippen LogP contribution in [0.2, 0.25) is 0 Å². The van der Waals surface area contributed by atoms with E-state index in [-0.39, 0.29) is 30.1 Å². The van der Waals surface area contributed by atoms with Gasteiger partial charge in [-0.25, -0.2) is 4.68 Å². The summed E-state index contributed by atoms with van der Waals surface area (Å²) in [6.45, 7) is 5.93. The largest absolute Gasteiger partial charge is 0.463 e. The SMILES string of the molecule is Cc1nn(CC(=O)N2C(C)CCCC2C)c(=O)c2cc3occc3n12. The van der Waals surface area contributed by atoms with Gasteiger partial charge in [-0.2, -0.15) is 5.10 Å². The molecule has 0 aromatic carbocycles. The van der Waals surface area contributed by atoms with Gasteiger partial charge in [0, 0.05) is 24.2 Å². The molecule has 0 spiro atoms. The number of furan rings is 1. The number of hydrogen-bond acceptors (Lipinski definition) is 4. The number of fused-ring (bicyclic) bond motifs is 3. The Hall–Kier alpha value is -2.57. The molecule has 0 saturated carbocycles. The van der Waals surface area contributed by atoms with Crippen LogP contribution in [0, 0.1) is 6.92 Å². The molecule has 0 aliphatic carbocycles. The van der Waals surface area contributed by atoms with Crippen LogP contribution in [0.3, 0.4) is 0 Å². The topological polar surface area (TPSA) is 72.8 Å². The zero-order valence-electron chi connectivity index (χ0n) is 14.7. The lowest BCUT2D eigenvalue weighted by molar-refractivity contribution is -0.138. The Morgan fingerprint density at radius 3 is 2.72 bits per heavy atom. The molecule has 0 radical (unpaired) electrons. The van der Waals surface area contributed by atoms with Crippen molar-refractivity contribution in [3.63, 3.8) is 0 Å². The fraction of sp³-hybridized carbons (Fsp3) is 0.500. The molecule has 4 rings (SSSR count). The molecule has 25 heavy (non-hydrogen) atoms. The average Bonchev–Trinajstić information content (AvgIpc) is 3.12. The molecule has 1 aliphatic heterocycles. The third-order valence-corrected chi connectivity index (χ3v) is 5.23. The second kappa shape index (κ2) is 5.75. The average molecular weight is 342 g/mol. The molecule has 3 aromatic rings. The van der Waals surface area contributed by atoms with Crippen LogP contribution in [0.4, 0.5) is 0 Å². The molecule has 1 saturated heterocycles. The van der Waals surface area contributed by atoms with Gasteiger partial charge in [0.25, 0.3) is 5.56 Å². The van der Waals surface area contributed by atoms with Crippen molar-refractivity contribution in [2.24, 2.45) is 0 Å². The van der Waals surface area contributed by atoms with Gasteiger partial charge in [0.15, 0.2) is 5.58 Å². The Morgan fingerprint density at radius 1 is 1.28 bits per heavy atom. The molecule has 7 nitrogen and oxygen atoms in total. The minimum absolute atomic E-state index is 0.0304. The molecule has 3 aromatic heterocycles. The normalized spacial score (nSPS) is 21.3. The molecule has 1 amide bonds. The fourth-order valence-corrected chi connectivity index (χ4v) is 4.06. The number of rotatable bonds is 2. The number of aromatic nitrogens is 3. The maximum absolute atomic E-state index is 12.8. The van der Waals surface area contributed by atoms with Gasteiger partial charge in [-0.1, -0.05) is 0 Å². The predicted molar refractivity (Wildman–Crippen MR) is 93.6 cm³/mol. The van der Waals surface area contributed by atoms with Crippen molar-refractivity contribution in [1.82, 2.24) is 19.1 Å². The quantitative estimate of drug-likeness (QED) is 0.716. The molecule has 7 heteroatoms. The lowest BCUT2D eigenvalue weighted by Crippen LogP contribution is -2.49. The van der Waals surface area contributed by atoms with E-state index in [9.17, 15) is 9.59 Å². The highest BCUT2D eigenvalue weighted by molar-refractivity contribution is 5.82. The standard InChI is InChI=1S/C18H22N4O3/c1-11-5-4-6-12(2)21(11)17(23)10-20-18(24)15-9-16-14(7-8-25-16)22(15)13(3)19-20/h7-9,11-12H,4-6,10H2,1-3H3. The van der Waals surface area contributed by atoms with Crippen LogP contribution in [0.5, 0.6) is 0 Å². The van der Waals surface area contributed by atoms with Crippen molar-refractivity contribution in [3.8, 4) is 0 Å². The van der Waals surface area contributed by atoms with Gasteiger partial charge < -0.3 is 9.32 Å².